The molecular weight excluding hydrogens is 434 g/mol. The molecule has 0 unspecified atom stereocenters. The number of carbonyl (C=O) groups is 2. The van der Waals surface area contributed by atoms with E-state index in [1.165, 1.54) is 0 Å². The van der Waals surface area contributed by atoms with Crippen LogP contribution in [-0.2, 0) is 16.1 Å². The van der Waals surface area contributed by atoms with Crippen molar-refractivity contribution in [3.05, 3.63) is 64.1 Å². The number of benzene rings is 2. The number of hydrogen-bond acceptors (Lipinski definition) is 4. The average molecular weight is 462 g/mol. The molecule has 0 radical (unpaired) electrons. The third-order valence-electron chi connectivity index (χ3n) is 4.14. The van der Waals surface area contributed by atoms with Crippen LogP contribution in [0.2, 0.25) is 0 Å². The van der Waals surface area contributed by atoms with Gasteiger partial charge in [0.2, 0.25) is 0 Å². The van der Waals surface area contributed by atoms with Crippen molar-refractivity contribution < 1.29 is 19.1 Å². The van der Waals surface area contributed by atoms with Crippen LogP contribution in [0.5, 0.6) is 5.75 Å². The van der Waals surface area contributed by atoms with Crippen LogP contribution in [0.1, 0.15) is 43.1 Å². The van der Waals surface area contributed by atoms with Gasteiger partial charge in [-0.15, -0.1) is 0 Å². The summed E-state index contributed by atoms with van der Waals surface area (Å²) in [6, 6.07) is 15.1. The molecule has 0 fully saturated rings. The molecule has 2 aromatic carbocycles. The zero-order chi connectivity index (χ0) is 21.2. The van der Waals surface area contributed by atoms with Gasteiger partial charge in [-0.2, -0.15) is 0 Å². The molecule has 2 aromatic rings. The highest BCUT2D eigenvalue weighted by Crippen LogP contribution is 2.26. The molecule has 0 heterocycles. The van der Waals surface area contributed by atoms with Gasteiger partial charge in [0.25, 0.3) is 5.91 Å². The zero-order valence-electron chi connectivity index (χ0n) is 17.2. The predicted octanol–water partition coefficient (Wildman–Crippen LogP) is 5.08. The Balaban J connectivity index is 2.27. The number of nitrogens with zero attached hydrogens (tertiary/aromatic N) is 1. The first-order valence-electron chi connectivity index (χ1n) is 9.81. The SMILES string of the molecule is CCOC(=O)CCN(Cc1ccccc1)C(=O)c1cc(Br)ccc1OCC(C)C. The first-order valence-corrected chi connectivity index (χ1v) is 10.6. The third-order valence-corrected chi connectivity index (χ3v) is 4.63. The second-order valence-corrected chi connectivity index (χ2v) is 8.03. The topological polar surface area (TPSA) is 55.8 Å². The summed E-state index contributed by atoms with van der Waals surface area (Å²) in [5.74, 6) is 0.383. The Bertz CT molecular complexity index is 808. The summed E-state index contributed by atoms with van der Waals surface area (Å²) < 4.78 is 11.7. The van der Waals surface area contributed by atoms with Crippen molar-refractivity contribution in [2.24, 2.45) is 5.92 Å². The minimum absolute atomic E-state index is 0.141. The summed E-state index contributed by atoms with van der Waals surface area (Å²) >= 11 is 3.44. The van der Waals surface area contributed by atoms with E-state index in [4.69, 9.17) is 9.47 Å². The maximum atomic E-state index is 13.4. The number of amides is 1. The van der Waals surface area contributed by atoms with Crippen LogP contribution in [0.15, 0.2) is 53.0 Å². The second-order valence-electron chi connectivity index (χ2n) is 7.11. The lowest BCUT2D eigenvalue weighted by atomic mass is 10.1. The minimum atomic E-state index is -0.316. The van der Waals surface area contributed by atoms with E-state index < -0.39 is 0 Å². The van der Waals surface area contributed by atoms with Crippen LogP contribution in [0.25, 0.3) is 0 Å². The Hall–Kier alpha value is -2.34. The zero-order valence-corrected chi connectivity index (χ0v) is 18.8. The molecule has 0 saturated carbocycles. The highest BCUT2D eigenvalue weighted by atomic mass is 79.9. The number of rotatable bonds is 10. The lowest BCUT2D eigenvalue weighted by Crippen LogP contribution is -2.33. The van der Waals surface area contributed by atoms with Gasteiger partial charge < -0.3 is 14.4 Å². The summed E-state index contributed by atoms with van der Waals surface area (Å²) in [7, 11) is 0. The monoisotopic (exact) mass is 461 g/mol. The molecular formula is C23H28BrNO4. The van der Waals surface area contributed by atoms with E-state index in [-0.39, 0.29) is 24.8 Å². The fourth-order valence-corrected chi connectivity index (χ4v) is 3.10. The molecule has 0 aromatic heterocycles. The van der Waals surface area contributed by atoms with Crippen molar-refractivity contribution in [2.75, 3.05) is 19.8 Å². The average Bonchev–Trinajstić information content (AvgIpc) is 2.70. The van der Waals surface area contributed by atoms with Gasteiger partial charge in [0.05, 0.1) is 25.2 Å². The number of esters is 1. The lowest BCUT2D eigenvalue weighted by Gasteiger charge is -2.24. The van der Waals surface area contributed by atoms with Crippen molar-refractivity contribution in [2.45, 2.75) is 33.7 Å². The molecule has 0 aliphatic rings. The number of halogens is 1. The predicted molar refractivity (Wildman–Crippen MR) is 117 cm³/mol. The molecule has 0 spiro atoms. The highest BCUT2D eigenvalue weighted by Gasteiger charge is 2.22. The molecule has 0 aliphatic heterocycles. The maximum Gasteiger partial charge on any atom is 0.307 e. The molecule has 1 amide bonds. The molecule has 2 rings (SSSR count). The second kappa shape index (κ2) is 11.6. The normalized spacial score (nSPS) is 10.7. The molecule has 0 aliphatic carbocycles. The van der Waals surface area contributed by atoms with Gasteiger partial charge in [0, 0.05) is 17.6 Å². The summed E-state index contributed by atoms with van der Waals surface area (Å²) in [6.45, 7) is 7.39. The van der Waals surface area contributed by atoms with Gasteiger partial charge in [-0.25, -0.2) is 0 Å². The van der Waals surface area contributed by atoms with E-state index in [1.807, 2.05) is 36.4 Å². The van der Waals surface area contributed by atoms with Crippen molar-refractivity contribution >= 4 is 27.8 Å². The quantitative estimate of drug-likeness (QED) is 0.462. The van der Waals surface area contributed by atoms with Gasteiger partial charge >= 0.3 is 5.97 Å². The molecule has 0 N–H and O–H groups in total. The van der Waals surface area contributed by atoms with Crippen LogP contribution >= 0.6 is 15.9 Å². The fraction of sp³-hybridized carbons (Fsp3) is 0.391. The number of carbonyl (C=O) groups excluding carboxylic acids is 2. The van der Waals surface area contributed by atoms with Gasteiger partial charge in [0.15, 0.2) is 0 Å². The van der Waals surface area contributed by atoms with Crippen molar-refractivity contribution in [1.82, 2.24) is 4.90 Å². The Morgan fingerprint density at radius 1 is 1.10 bits per heavy atom. The van der Waals surface area contributed by atoms with Crippen LogP contribution in [-0.4, -0.2) is 36.5 Å². The molecule has 29 heavy (non-hydrogen) atoms. The highest BCUT2D eigenvalue weighted by molar-refractivity contribution is 9.10. The standard InChI is InChI=1S/C23H28BrNO4/c1-4-28-22(26)12-13-25(15-18-8-6-5-7-9-18)23(27)20-14-19(24)10-11-21(20)29-16-17(2)3/h5-11,14,17H,4,12-13,15-16H2,1-3H3. The van der Waals surface area contributed by atoms with E-state index in [9.17, 15) is 9.59 Å². The fourth-order valence-electron chi connectivity index (χ4n) is 2.74. The molecule has 6 heteroatoms. The van der Waals surface area contributed by atoms with E-state index in [2.05, 4.69) is 29.8 Å². The van der Waals surface area contributed by atoms with Gasteiger partial charge in [-0.05, 0) is 36.6 Å². The van der Waals surface area contributed by atoms with Crippen LogP contribution < -0.4 is 4.74 Å². The van der Waals surface area contributed by atoms with Crippen molar-refractivity contribution in [1.29, 1.82) is 0 Å². The van der Waals surface area contributed by atoms with Gasteiger partial charge in [-0.3, -0.25) is 9.59 Å². The Morgan fingerprint density at radius 2 is 1.83 bits per heavy atom. The number of hydrogen-bond donors (Lipinski definition) is 0. The summed E-state index contributed by atoms with van der Waals surface area (Å²) in [5.41, 5.74) is 1.46. The molecule has 0 atom stereocenters. The summed E-state index contributed by atoms with van der Waals surface area (Å²) in [5, 5.41) is 0. The minimum Gasteiger partial charge on any atom is -0.492 e. The van der Waals surface area contributed by atoms with E-state index in [1.54, 1.807) is 24.0 Å². The Kier molecular flexibility index (Phi) is 9.19. The molecule has 0 bridgehead atoms. The number of ether oxygens (including phenoxy) is 2. The van der Waals surface area contributed by atoms with Crippen LogP contribution in [0, 0.1) is 5.92 Å². The van der Waals surface area contributed by atoms with E-state index in [0.29, 0.717) is 37.0 Å². The lowest BCUT2D eigenvalue weighted by molar-refractivity contribution is -0.143. The van der Waals surface area contributed by atoms with Crippen LogP contribution in [0.3, 0.4) is 0 Å². The van der Waals surface area contributed by atoms with Crippen LogP contribution in [0.4, 0.5) is 0 Å². The molecule has 5 nitrogen and oxygen atoms in total. The molecule has 0 saturated heterocycles. The van der Waals surface area contributed by atoms with Crippen molar-refractivity contribution in [3.8, 4) is 5.75 Å². The summed E-state index contributed by atoms with van der Waals surface area (Å²) in [4.78, 5) is 26.9. The Labute approximate surface area is 181 Å². The van der Waals surface area contributed by atoms with E-state index >= 15 is 0 Å². The Morgan fingerprint density at radius 3 is 2.48 bits per heavy atom. The van der Waals surface area contributed by atoms with Gasteiger partial charge in [-0.1, -0.05) is 60.1 Å². The van der Waals surface area contributed by atoms with Gasteiger partial charge in [0.1, 0.15) is 5.75 Å². The smallest absolute Gasteiger partial charge is 0.307 e. The maximum absolute atomic E-state index is 13.4. The third kappa shape index (κ3) is 7.54. The molecule has 156 valence electrons. The van der Waals surface area contributed by atoms with E-state index in [0.717, 1.165) is 10.0 Å². The first-order chi connectivity index (χ1) is 13.9. The first kappa shape index (κ1) is 22.9. The summed E-state index contributed by atoms with van der Waals surface area (Å²) in [6.07, 6.45) is 0.141. The van der Waals surface area contributed by atoms with Crippen molar-refractivity contribution in [3.63, 3.8) is 0 Å². The largest absolute Gasteiger partial charge is 0.492 e.